The van der Waals surface area contributed by atoms with Crippen molar-refractivity contribution in [3.05, 3.63) is 22.4 Å². The van der Waals surface area contributed by atoms with Crippen LogP contribution in [0.25, 0.3) is 0 Å². The summed E-state index contributed by atoms with van der Waals surface area (Å²) in [4.78, 5) is 15.4. The SMILES string of the molecule is CC(C)(CNC(=O)N1CCC[C@H]1c1cccs1)NS(C)(=O)=O. The lowest BCUT2D eigenvalue weighted by molar-refractivity contribution is 0.191. The molecule has 1 atom stereocenters. The number of nitrogens with zero attached hydrogens (tertiary/aromatic N) is 1. The molecule has 1 aromatic rings. The lowest BCUT2D eigenvalue weighted by Gasteiger charge is -2.29. The molecule has 0 saturated carbocycles. The van der Waals surface area contributed by atoms with Gasteiger partial charge in [-0.1, -0.05) is 6.07 Å². The van der Waals surface area contributed by atoms with Gasteiger partial charge in [-0.15, -0.1) is 11.3 Å². The third-order valence-corrected chi connectivity index (χ3v) is 5.43. The van der Waals surface area contributed by atoms with E-state index in [-0.39, 0.29) is 18.6 Å². The average Bonchev–Trinajstić information content (AvgIpc) is 3.02. The molecule has 2 amide bonds. The monoisotopic (exact) mass is 345 g/mol. The quantitative estimate of drug-likeness (QED) is 0.856. The number of amides is 2. The van der Waals surface area contributed by atoms with Crippen LogP contribution in [0.5, 0.6) is 0 Å². The molecule has 0 unspecified atom stereocenters. The van der Waals surface area contributed by atoms with E-state index in [4.69, 9.17) is 0 Å². The van der Waals surface area contributed by atoms with Gasteiger partial charge >= 0.3 is 6.03 Å². The van der Waals surface area contributed by atoms with Gasteiger partial charge < -0.3 is 10.2 Å². The molecule has 22 heavy (non-hydrogen) atoms. The second-order valence-electron chi connectivity index (χ2n) is 6.28. The Hall–Kier alpha value is -1.12. The Morgan fingerprint density at radius 1 is 1.50 bits per heavy atom. The second kappa shape index (κ2) is 6.55. The van der Waals surface area contributed by atoms with Crippen LogP contribution in [-0.2, 0) is 10.0 Å². The Balaban J connectivity index is 1.94. The molecular formula is C14H23N3O3S2. The van der Waals surface area contributed by atoms with E-state index in [0.717, 1.165) is 25.6 Å². The number of likely N-dealkylation sites (tertiary alicyclic amines) is 1. The summed E-state index contributed by atoms with van der Waals surface area (Å²) < 4.78 is 25.2. The predicted molar refractivity (Wildman–Crippen MR) is 88.5 cm³/mol. The lowest BCUT2D eigenvalue weighted by Crippen LogP contribution is -2.53. The van der Waals surface area contributed by atoms with Gasteiger partial charge in [-0.25, -0.2) is 17.9 Å². The maximum Gasteiger partial charge on any atom is 0.318 e. The predicted octanol–water partition coefficient (Wildman–Crippen LogP) is 1.92. The van der Waals surface area contributed by atoms with Crippen molar-refractivity contribution in [1.82, 2.24) is 14.9 Å². The molecule has 2 N–H and O–H groups in total. The van der Waals surface area contributed by atoms with Crippen LogP contribution in [0, 0.1) is 0 Å². The first-order valence-corrected chi connectivity index (χ1v) is 10.0. The molecule has 8 heteroatoms. The fourth-order valence-corrected chi connectivity index (χ4v) is 4.67. The summed E-state index contributed by atoms with van der Waals surface area (Å²) in [6.07, 6.45) is 3.07. The van der Waals surface area contributed by atoms with E-state index in [1.807, 2.05) is 16.3 Å². The number of sulfonamides is 1. The number of nitrogens with one attached hydrogen (secondary N) is 2. The smallest absolute Gasteiger partial charge is 0.318 e. The maximum atomic E-state index is 12.4. The van der Waals surface area contributed by atoms with E-state index in [1.54, 1.807) is 25.2 Å². The van der Waals surface area contributed by atoms with E-state index < -0.39 is 15.6 Å². The largest absolute Gasteiger partial charge is 0.336 e. The average molecular weight is 345 g/mol. The minimum Gasteiger partial charge on any atom is -0.336 e. The Bertz CT molecular complexity index is 611. The van der Waals surface area contributed by atoms with Gasteiger partial charge in [-0.3, -0.25) is 0 Å². The van der Waals surface area contributed by atoms with Gasteiger partial charge in [0, 0.05) is 23.5 Å². The van der Waals surface area contributed by atoms with Crippen LogP contribution < -0.4 is 10.0 Å². The molecule has 0 aliphatic carbocycles. The molecule has 1 saturated heterocycles. The van der Waals surface area contributed by atoms with E-state index in [2.05, 4.69) is 16.1 Å². The number of rotatable bonds is 5. The van der Waals surface area contributed by atoms with Crippen molar-refractivity contribution < 1.29 is 13.2 Å². The standard InChI is InChI=1S/C14H23N3O3S2/c1-14(2,16-22(3,19)20)10-15-13(18)17-8-4-6-11(17)12-7-5-9-21-12/h5,7,9,11,16H,4,6,8,10H2,1-3H3,(H,15,18)/t11-/m0/s1. The topological polar surface area (TPSA) is 78.5 Å². The van der Waals surface area contributed by atoms with Crippen LogP contribution in [0.3, 0.4) is 0 Å². The van der Waals surface area contributed by atoms with Gasteiger partial charge in [0.2, 0.25) is 10.0 Å². The number of carbonyl (C=O) groups excluding carboxylic acids is 1. The summed E-state index contributed by atoms with van der Waals surface area (Å²) >= 11 is 1.66. The summed E-state index contributed by atoms with van der Waals surface area (Å²) in [5.74, 6) is 0. The van der Waals surface area contributed by atoms with Crippen molar-refractivity contribution in [2.45, 2.75) is 38.3 Å². The zero-order valence-corrected chi connectivity index (χ0v) is 14.8. The number of hydrogen-bond acceptors (Lipinski definition) is 4. The van der Waals surface area contributed by atoms with Crippen molar-refractivity contribution in [3.8, 4) is 0 Å². The first-order chi connectivity index (χ1) is 10.2. The van der Waals surface area contributed by atoms with Crippen LogP contribution in [0.15, 0.2) is 17.5 Å². The summed E-state index contributed by atoms with van der Waals surface area (Å²) in [6, 6.07) is 4.04. The van der Waals surface area contributed by atoms with Crippen molar-refractivity contribution >= 4 is 27.4 Å². The van der Waals surface area contributed by atoms with Gasteiger partial charge in [0.25, 0.3) is 0 Å². The van der Waals surface area contributed by atoms with Gasteiger partial charge in [-0.2, -0.15) is 0 Å². The van der Waals surface area contributed by atoms with Gasteiger partial charge in [0.1, 0.15) is 0 Å². The van der Waals surface area contributed by atoms with Crippen LogP contribution in [0.4, 0.5) is 4.79 Å². The molecule has 2 rings (SSSR count). The molecule has 6 nitrogen and oxygen atoms in total. The zero-order chi connectivity index (χ0) is 16.4. The van der Waals surface area contributed by atoms with E-state index in [1.165, 1.54) is 4.88 Å². The van der Waals surface area contributed by atoms with Gasteiger partial charge in [0.15, 0.2) is 0 Å². The molecule has 2 heterocycles. The maximum absolute atomic E-state index is 12.4. The zero-order valence-electron chi connectivity index (χ0n) is 13.1. The number of urea groups is 1. The van der Waals surface area contributed by atoms with Crippen LogP contribution in [0.1, 0.15) is 37.6 Å². The summed E-state index contributed by atoms with van der Waals surface area (Å²) in [5, 5.41) is 4.86. The third kappa shape index (κ3) is 4.69. The van der Waals surface area contributed by atoms with Crippen LogP contribution in [0.2, 0.25) is 0 Å². The summed E-state index contributed by atoms with van der Waals surface area (Å²) in [6.45, 7) is 4.46. The minimum absolute atomic E-state index is 0.131. The molecule has 124 valence electrons. The Kier molecular flexibility index (Phi) is 5.14. The molecule has 1 fully saturated rings. The van der Waals surface area contributed by atoms with Crippen molar-refractivity contribution in [3.63, 3.8) is 0 Å². The summed E-state index contributed by atoms with van der Waals surface area (Å²) in [7, 11) is -3.31. The van der Waals surface area contributed by atoms with Crippen LogP contribution in [-0.4, -0.2) is 44.2 Å². The highest BCUT2D eigenvalue weighted by molar-refractivity contribution is 7.88. The van der Waals surface area contributed by atoms with E-state index in [9.17, 15) is 13.2 Å². The number of thiophene rings is 1. The first kappa shape index (κ1) is 17.2. The summed E-state index contributed by atoms with van der Waals surface area (Å²) in [5.41, 5.74) is -0.721. The van der Waals surface area contributed by atoms with Crippen molar-refractivity contribution in [2.24, 2.45) is 0 Å². The molecule has 0 spiro atoms. The Morgan fingerprint density at radius 2 is 2.23 bits per heavy atom. The number of carbonyl (C=O) groups is 1. The second-order valence-corrected chi connectivity index (χ2v) is 9.01. The fourth-order valence-electron chi connectivity index (χ4n) is 2.72. The highest BCUT2D eigenvalue weighted by Gasteiger charge is 2.31. The molecule has 0 aromatic carbocycles. The third-order valence-electron chi connectivity index (χ3n) is 3.53. The highest BCUT2D eigenvalue weighted by atomic mass is 32.2. The number of hydrogen-bond donors (Lipinski definition) is 2. The molecule has 1 aliphatic rings. The molecule has 1 aromatic heterocycles. The van der Waals surface area contributed by atoms with Crippen molar-refractivity contribution in [2.75, 3.05) is 19.3 Å². The van der Waals surface area contributed by atoms with Gasteiger partial charge in [-0.05, 0) is 38.1 Å². The highest BCUT2D eigenvalue weighted by Crippen LogP contribution is 2.34. The first-order valence-electron chi connectivity index (χ1n) is 7.25. The molecule has 1 aliphatic heterocycles. The molecular weight excluding hydrogens is 322 g/mol. The lowest BCUT2D eigenvalue weighted by atomic mass is 10.1. The van der Waals surface area contributed by atoms with Crippen molar-refractivity contribution in [1.29, 1.82) is 0 Å². The Morgan fingerprint density at radius 3 is 2.82 bits per heavy atom. The molecule has 0 radical (unpaired) electrons. The van der Waals surface area contributed by atoms with Crippen LogP contribution >= 0.6 is 11.3 Å². The normalized spacial score (nSPS) is 19.4. The molecule has 0 bridgehead atoms. The Labute approximate surface area is 135 Å². The van der Waals surface area contributed by atoms with E-state index in [0.29, 0.717) is 0 Å². The van der Waals surface area contributed by atoms with Gasteiger partial charge in [0.05, 0.1) is 12.3 Å². The minimum atomic E-state index is -3.31. The fraction of sp³-hybridized carbons (Fsp3) is 0.643. The van der Waals surface area contributed by atoms with E-state index >= 15 is 0 Å².